The van der Waals surface area contributed by atoms with Gasteiger partial charge in [0.05, 0.1) is 0 Å². The monoisotopic (exact) mass is 333 g/mol. The molecule has 0 aliphatic heterocycles. The zero-order valence-electron chi connectivity index (χ0n) is 9.28. The first-order valence-corrected chi connectivity index (χ1v) is 7.07. The van der Waals surface area contributed by atoms with E-state index in [1.54, 1.807) is 0 Å². The van der Waals surface area contributed by atoms with Gasteiger partial charge in [-0.25, -0.2) is 0 Å². The predicted octanol–water partition coefficient (Wildman–Crippen LogP) is 4.51. The Morgan fingerprint density at radius 2 is 1.41 bits per heavy atom. The van der Waals surface area contributed by atoms with Gasteiger partial charge in [-0.15, -0.1) is 0 Å². The zero-order chi connectivity index (χ0) is 11.8. The van der Waals surface area contributed by atoms with Gasteiger partial charge in [0.2, 0.25) is 0 Å². The predicted molar refractivity (Wildman–Crippen MR) is 83.6 cm³/mol. The third-order valence-electron chi connectivity index (χ3n) is 3.04. The minimum Gasteiger partial charge on any atom is -0.399 e. The summed E-state index contributed by atoms with van der Waals surface area (Å²) in [6, 6.07) is 17.1. The zero-order valence-corrected chi connectivity index (χ0v) is 11.4. The minimum absolute atomic E-state index is 0.820. The number of hydrogen-bond donors (Lipinski definition) is 1. The Labute approximate surface area is 114 Å². The fourth-order valence-electron chi connectivity index (χ4n) is 2.15. The largest absolute Gasteiger partial charge is 0.399 e. The number of nitrogens with two attached hydrogens (primary N) is 1. The molecule has 2 N–H and O–H groups in total. The van der Waals surface area contributed by atoms with E-state index in [2.05, 4.69) is 59.0 Å². The van der Waals surface area contributed by atoms with Gasteiger partial charge >= 0.3 is 0 Å². The van der Waals surface area contributed by atoms with Crippen LogP contribution in [0.2, 0.25) is 0 Å². The molecular formula is C15H12IN. The van der Waals surface area contributed by atoms with Crippen LogP contribution in [0.25, 0.3) is 21.5 Å². The van der Waals surface area contributed by atoms with Crippen LogP contribution in [0.15, 0.2) is 48.5 Å². The molecule has 0 aromatic heterocycles. The average Bonchev–Trinajstić information content (AvgIpc) is 2.35. The Hall–Kier alpha value is -1.29. The smallest absolute Gasteiger partial charge is 0.0320 e. The van der Waals surface area contributed by atoms with Crippen LogP contribution in [0.4, 0.5) is 5.69 Å². The molecule has 0 amide bonds. The van der Waals surface area contributed by atoms with Crippen LogP contribution in [0, 0.1) is 0 Å². The van der Waals surface area contributed by atoms with Gasteiger partial charge in [-0.2, -0.15) is 0 Å². The summed E-state index contributed by atoms with van der Waals surface area (Å²) in [5.41, 5.74) is 8.00. The first-order chi connectivity index (χ1) is 8.26. The highest BCUT2D eigenvalue weighted by atomic mass is 127. The first-order valence-electron chi connectivity index (χ1n) is 5.54. The number of nitrogen functional groups attached to an aromatic ring is 1. The second kappa shape index (κ2) is 4.18. The van der Waals surface area contributed by atoms with E-state index >= 15 is 0 Å². The van der Waals surface area contributed by atoms with E-state index in [1.165, 1.54) is 27.1 Å². The first kappa shape index (κ1) is 10.8. The number of fused-ring (bicyclic) bond motifs is 2. The highest BCUT2D eigenvalue weighted by Crippen LogP contribution is 2.25. The molecule has 0 unspecified atom stereocenters. The quantitative estimate of drug-likeness (QED) is 0.302. The van der Waals surface area contributed by atoms with Crippen molar-refractivity contribution >= 4 is 49.8 Å². The number of alkyl halides is 1. The maximum Gasteiger partial charge on any atom is 0.0320 e. The van der Waals surface area contributed by atoms with Crippen LogP contribution in [0.3, 0.4) is 0 Å². The van der Waals surface area contributed by atoms with Crippen LogP contribution in [-0.2, 0) is 4.43 Å². The van der Waals surface area contributed by atoms with Crippen molar-refractivity contribution in [3.63, 3.8) is 0 Å². The van der Waals surface area contributed by atoms with Gasteiger partial charge in [-0.3, -0.25) is 0 Å². The maximum absolute atomic E-state index is 5.81. The van der Waals surface area contributed by atoms with Crippen molar-refractivity contribution in [1.82, 2.24) is 0 Å². The van der Waals surface area contributed by atoms with Crippen molar-refractivity contribution in [3.05, 3.63) is 54.1 Å². The van der Waals surface area contributed by atoms with Crippen LogP contribution >= 0.6 is 22.6 Å². The molecule has 17 heavy (non-hydrogen) atoms. The fraction of sp³-hybridized carbons (Fsp3) is 0.0667. The lowest BCUT2D eigenvalue weighted by molar-refractivity contribution is 1.49. The van der Waals surface area contributed by atoms with E-state index in [-0.39, 0.29) is 0 Å². The average molecular weight is 333 g/mol. The van der Waals surface area contributed by atoms with E-state index in [9.17, 15) is 0 Å². The summed E-state index contributed by atoms with van der Waals surface area (Å²) in [4.78, 5) is 0. The molecule has 3 aromatic rings. The molecule has 0 radical (unpaired) electrons. The van der Waals surface area contributed by atoms with Gasteiger partial charge in [0, 0.05) is 10.1 Å². The normalized spacial score (nSPS) is 11.1. The third-order valence-corrected chi connectivity index (χ3v) is 3.92. The SMILES string of the molecule is Nc1ccc2cc3cc(CI)ccc3cc2c1. The van der Waals surface area contributed by atoms with Crippen molar-refractivity contribution in [1.29, 1.82) is 0 Å². The van der Waals surface area contributed by atoms with Gasteiger partial charge in [-0.05, 0) is 51.4 Å². The van der Waals surface area contributed by atoms with Crippen molar-refractivity contribution in [2.75, 3.05) is 5.73 Å². The van der Waals surface area contributed by atoms with E-state index in [0.717, 1.165) is 10.1 Å². The molecule has 0 heterocycles. The molecule has 0 bridgehead atoms. The molecule has 84 valence electrons. The lowest BCUT2D eigenvalue weighted by atomic mass is 10.0. The number of halogens is 1. The van der Waals surface area contributed by atoms with Crippen LogP contribution < -0.4 is 5.73 Å². The number of benzene rings is 3. The number of hydrogen-bond acceptors (Lipinski definition) is 1. The Kier molecular flexibility index (Phi) is 2.67. The van der Waals surface area contributed by atoms with Crippen molar-refractivity contribution in [2.45, 2.75) is 4.43 Å². The lowest BCUT2D eigenvalue weighted by Gasteiger charge is -2.05. The summed E-state index contributed by atoms with van der Waals surface area (Å²) in [7, 11) is 0. The van der Waals surface area contributed by atoms with Gasteiger partial charge in [-0.1, -0.05) is 46.9 Å². The van der Waals surface area contributed by atoms with E-state index in [1.807, 2.05) is 12.1 Å². The standard InChI is InChI=1S/C15H12IN/c16-9-10-1-2-11-7-14-8-15(17)4-3-12(14)6-13(11)5-10/h1-8H,9,17H2. The topological polar surface area (TPSA) is 26.0 Å². The van der Waals surface area contributed by atoms with Crippen LogP contribution in [0.1, 0.15) is 5.56 Å². The van der Waals surface area contributed by atoms with E-state index < -0.39 is 0 Å². The lowest BCUT2D eigenvalue weighted by Crippen LogP contribution is -1.84. The molecule has 0 atom stereocenters. The molecular weight excluding hydrogens is 321 g/mol. The minimum atomic E-state index is 0.820. The van der Waals surface area contributed by atoms with Gasteiger partial charge < -0.3 is 5.73 Å². The van der Waals surface area contributed by atoms with Crippen LogP contribution in [0.5, 0.6) is 0 Å². The maximum atomic E-state index is 5.81. The highest BCUT2D eigenvalue weighted by molar-refractivity contribution is 14.1. The van der Waals surface area contributed by atoms with Gasteiger partial charge in [0.1, 0.15) is 0 Å². The highest BCUT2D eigenvalue weighted by Gasteiger charge is 2.00. The molecule has 0 aliphatic rings. The van der Waals surface area contributed by atoms with Gasteiger partial charge in [0.15, 0.2) is 0 Å². The van der Waals surface area contributed by atoms with Crippen LogP contribution in [-0.4, -0.2) is 0 Å². The third kappa shape index (κ3) is 1.97. The molecule has 0 aliphatic carbocycles. The molecule has 0 saturated carbocycles. The fourth-order valence-corrected chi connectivity index (χ4v) is 2.62. The Morgan fingerprint density at radius 3 is 2.12 bits per heavy atom. The summed E-state index contributed by atoms with van der Waals surface area (Å²) in [6.07, 6.45) is 0. The molecule has 3 rings (SSSR count). The summed E-state index contributed by atoms with van der Waals surface area (Å²) in [6.45, 7) is 0. The molecule has 0 saturated heterocycles. The van der Waals surface area contributed by atoms with E-state index in [4.69, 9.17) is 5.73 Å². The van der Waals surface area contributed by atoms with Crippen molar-refractivity contribution in [3.8, 4) is 0 Å². The molecule has 0 spiro atoms. The molecule has 1 nitrogen and oxygen atoms in total. The second-order valence-corrected chi connectivity index (χ2v) is 5.04. The van der Waals surface area contributed by atoms with Gasteiger partial charge in [0.25, 0.3) is 0 Å². The number of rotatable bonds is 1. The summed E-state index contributed by atoms with van der Waals surface area (Å²) < 4.78 is 1.05. The Morgan fingerprint density at radius 1 is 0.765 bits per heavy atom. The summed E-state index contributed by atoms with van der Waals surface area (Å²) >= 11 is 2.39. The molecule has 3 aromatic carbocycles. The second-order valence-electron chi connectivity index (χ2n) is 4.27. The van der Waals surface area contributed by atoms with Crippen molar-refractivity contribution in [2.24, 2.45) is 0 Å². The van der Waals surface area contributed by atoms with Crippen molar-refractivity contribution < 1.29 is 0 Å². The number of anilines is 1. The Bertz CT molecular complexity index is 704. The molecule has 0 fully saturated rings. The summed E-state index contributed by atoms with van der Waals surface area (Å²) in [5, 5.41) is 5.03. The van der Waals surface area contributed by atoms with E-state index in [0.29, 0.717) is 0 Å². The Balaban J connectivity index is 2.35. The summed E-state index contributed by atoms with van der Waals surface area (Å²) in [5.74, 6) is 0. The molecule has 2 heteroatoms.